The number of fused-ring (bicyclic) bond motifs is 5. The van der Waals surface area contributed by atoms with Crippen LogP contribution in [-0.4, -0.2) is 27.9 Å². The normalized spacial score (nSPS) is 53.3. The molecule has 5 aliphatic carbocycles. The number of aromatic nitrogens is 1. The monoisotopic (exact) mass is 479 g/mol. The fraction of sp³-hybridized carbons (Fsp3) is 0.800. The molecule has 0 radical (unpaired) electrons. The molecule has 2 heterocycles. The standard InChI is InChI=1S/C30H41NO4/c1-17-19-7-8-27(5)20(26(19,4)14-18-16-31-35-23(17)18)13-22(32)30-21-15-25(2,3)9-11-29(21,24(33)34-30)12-10-28(27,30)6/h13,16-17,19,21-22,32H,7-12,14-15H2,1-6H3/t17-,19-,21?,22+,26-,27+,28-,29-,30+/m0/s1. The molecule has 1 spiro atoms. The lowest BCUT2D eigenvalue weighted by atomic mass is 9.33. The number of aliphatic hydroxyl groups excluding tert-OH is 1. The lowest BCUT2D eigenvalue weighted by molar-refractivity contribution is -0.242. The van der Waals surface area contributed by atoms with Crippen LogP contribution < -0.4 is 0 Å². The Balaban J connectivity index is 1.43. The van der Waals surface area contributed by atoms with Gasteiger partial charge in [-0.2, -0.15) is 0 Å². The van der Waals surface area contributed by atoms with Gasteiger partial charge in [-0.05, 0) is 73.5 Å². The maximum Gasteiger partial charge on any atom is 0.313 e. The summed E-state index contributed by atoms with van der Waals surface area (Å²) in [6.07, 6.45) is 11.1. The Morgan fingerprint density at radius 1 is 1.06 bits per heavy atom. The van der Waals surface area contributed by atoms with E-state index in [1.807, 2.05) is 6.20 Å². The van der Waals surface area contributed by atoms with Gasteiger partial charge in [0, 0.05) is 22.8 Å². The number of esters is 1. The highest BCUT2D eigenvalue weighted by Crippen LogP contribution is 2.79. The van der Waals surface area contributed by atoms with Gasteiger partial charge in [0.2, 0.25) is 0 Å². The van der Waals surface area contributed by atoms with E-state index >= 15 is 0 Å². The molecule has 1 N–H and O–H groups in total. The van der Waals surface area contributed by atoms with Crippen molar-refractivity contribution in [3.05, 3.63) is 29.2 Å². The van der Waals surface area contributed by atoms with Crippen molar-refractivity contribution in [1.29, 1.82) is 0 Å². The van der Waals surface area contributed by atoms with E-state index in [0.29, 0.717) is 11.8 Å². The van der Waals surface area contributed by atoms with E-state index in [1.54, 1.807) is 0 Å². The average molecular weight is 480 g/mol. The number of nitrogens with zero attached hydrogens (tertiary/aromatic N) is 1. The molecule has 7 rings (SSSR count). The third-order valence-corrected chi connectivity index (χ3v) is 13.0. The summed E-state index contributed by atoms with van der Waals surface area (Å²) < 4.78 is 12.3. The van der Waals surface area contributed by atoms with Crippen molar-refractivity contribution in [2.45, 2.75) is 111 Å². The maximum atomic E-state index is 13.7. The zero-order valence-corrected chi connectivity index (χ0v) is 22.2. The molecular formula is C30H41NO4. The molecule has 3 saturated carbocycles. The second kappa shape index (κ2) is 6.26. The van der Waals surface area contributed by atoms with Gasteiger partial charge in [0.15, 0.2) is 5.60 Å². The molecule has 5 heteroatoms. The summed E-state index contributed by atoms with van der Waals surface area (Å²) in [5, 5.41) is 16.3. The van der Waals surface area contributed by atoms with E-state index in [9.17, 15) is 9.90 Å². The summed E-state index contributed by atoms with van der Waals surface area (Å²) in [5.41, 5.74) is 1.02. The highest BCUT2D eigenvalue weighted by Gasteiger charge is 2.81. The summed E-state index contributed by atoms with van der Waals surface area (Å²) in [5.74, 6) is 1.86. The SMILES string of the molecule is C[C@@H]1c2oncc2C[C@]2(C)C3=C[C@@H](O)[C@]45OC(=O)[C@@]6(CCC(C)(C)CC64)CC[C@@]5(C)[C@]3(C)CC[C@@H]12. The number of hydrogen-bond acceptors (Lipinski definition) is 5. The van der Waals surface area contributed by atoms with E-state index in [2.05, 4.69) is 52.8 Å². The van der Waals surface area contributed by atoms with Gasteiger partial charge < -0.3 is 14.4 Å². The van der Waals surface area contributed by atoms with Crippen LogP contribution in [-0.2, 0) is 16.0 Å². The lowest BCUT2D eigenvalue weighted by Crippen LogP contribution is -2.72. The van der Waals surface area contributed by atoms with Crippen LogP contribution in [0.25, 0.3) is 0 Å². The largest absolute Gasteiger partial charge is 0.455 e. The van der Waals surface area contributed by atoms with Gasteiger partial charge in [-0.1, -0.05) is 58.3 Å². The van der Waals surface area contributed by atoms with Crippen molar-refractivity contribution in [2.24, 2.45) is 38.9 Å². The van der Waals surface area contributed by atoms with Gasteiger partial charge in [-0.25, -0.2) is 0 Å². The van der Waals surface area contributed by atoms with Crippen LogP contribution >= 0.6 is 0 Å². The third-order valence-electron chi connectivity index (χ3n) is 13.0. The summed E-state index contributed by atoms with van der Waals surface area (Å²) in [4.78, 5) is 13.7. The number of allylic oxidation sites excluding steroid dienone is 1. The first-order chi connectivity index (χ1) is 16.3. The van der Waals surface area contributed by atoms with Gasteiger partial charge in [0.1, 0.15) is 11.9 Å². The Kier molecular flexibility index (Phi) is 4.04. The highest BCUT2D eigenvalue weighted by atomic mass is 16.6. The first kappa shape index (κ1) is 22.6. The van der Waals surface area contributed by atoms with Crippen molar-refractivity contribution in [2.75, 3.05) is 0 Å². The third kappa shape index (κ3) is 2.24. The molecule has 6 aliphatic rings. The molecule has 4 fully saturated rings. The minimum absolute atomic E-state index is 0.0264. The molecule has 190 valence electrons. The van der Waals surface area contributed by atoms with Crippen molar-refractivity contribution in [3.63, 3.8) is 0 Å². The number of hydrogen-bond donors (Lipinski definition) is 1. The van der Waals surface area contributed by atoms with Crippen LogP contribution in [0.1, 0.15) is 104 Å². The van der Waals surface area contributed by atoms with E-state index in [0.717, 1.165) is 57.1 Å². The topological polar surface area (TPSA) is 72.6 Å². The second-order valence-electron chi connectivity index (χ2n) is 14.7. The van der Waals surface area contributed by atoms with Crippen LogP contribution in [0.3, 0.4) is 0 Å². The van der Waals surface area contributed by atoms with Gasteiger partial charge in [0.05, 0.1) is 11.6 Å². The summed E-state index contributed by atoms with van der Waals surface area (Å²) >= 11 is 0. The molecule has 1 aliphatic heterocycles. The maximum absolute atomic E-state index is 13.7. The van der Waals surface area contributed by atoms with Gasteiger partial charge in [0.25, 0.3) is 0 Å². The predicted octanol–water partition coefficient (Wildman–Crippen LogP) is 5.97. The summed E-state index contributed by atoms with van der Waals surface area (Å²) in [6, 6.07) is 0. The molecule has 0 aromatic carbocycles. The Bertz CT molecular complexity index is 1170. The first-order valence-electron chi connectivity index (χ1n) is 13.9. The molecule has 5 nitrogen and oxygen atoms in total. The molecule has 1 aromatic heterocycles. The molecule has 2 bridgehead atoms. The second-order valence-corrected chi connectivity index (χ2v) is 14.7. The quantitative estimate of drug-likeness (QED) is 0.367. The molecule has 9 atom stereocenters. The van der Waals surface area contributed by atoms with Crippen LogP contribution in [0.5, 0.6) is 0 Å². The number of rotatable bonds is 0. The average Bonchev–Trinajstić information content (AvgIpc) is 3.31. The smallest absolute Gasteiger partial charge is 0.313 e. The Labute approximate surface area is 209 Å². The van der Waals surface area contributed by atoms with Crippen molar-refractivity contribution >= 4 is 5.97 Å². The van der Waals surface area contributed by atoms with E-state index in [-0.39, 0.29) is 33.5 Å². The number of ether oxygens (including phenoxy) is 1. The van der Waals surface area contributed by atoms with Crippen LogP contribution in [0.15, 0.2) is 22.4 Å². The zero-order chi connectivity index (χ0) is 24.8. The molecule has 35 heavy (non-hydrogen) atoms. The number of carbonyl (C=O) groups excluding carboxylic acids is 1. The molecule has 1 aromatic rings. The lowest BCUT2D eigenvalue weighted by Gasteiger charge is -2.70. The van der Waals surface area contributed by atoms with E-state index < -0.39 is 17.1 Å². The van der Waals surface area contributed by atoms with Crippen molar-refractivity contribution in [3.8, 4) is 0 Å². The zero-order valence-electron chi connectivity index (χ0n) is 22.2. The van der Waals surface area contributed by atoms with Crippen LogP contribution in [0.4, 0.5) is 0 Å². The Hall–Kier alpha value is -1.62. The van der Waals surface area contributed by atoms with E-state index in [1.165, 1.54) is 11.1 Å². The minimum atomic E-state index is -0.829. The Morgan fingerprint density at radius 2 is 1.80 bits per heavy atom. The predicted molar refractivity (Wildman–Crippen MR) is 131 cm³/mol. The van der Waals surface area contributed by atoms with Gasteiger partial charge >= 0.3 is 5.97 Å². The fourth-order valence-electron chi connectivity index (χ4n) is 10.9. The fourth-order valence-corrected chi connectivity index (χ4v) is 10.9. The summed E-state index contributed by atoms with van der Waals surface area (Å²) in [6.45, 7) is 14.2. The Morgan fingerprint density at radius 3 is 2.57 bits per heavy atom. The van der Waals surface area contributed by atoms with Crippen LogP contribution in [0.2, 0.25) is 0 Å². The van der Waals surface area contributed by atoms with Crippen molar-refractivity contribution in [1.82, 2.24) is 5.16 Å². The van der Waals surface area contributed by atoms with Crippen molar-refractivity contribution < 1.29 is 19.2 Å². The molecule has 0 amide bonds. The van der Waals surface area contributed by atoms with Gasteiger partial charge in [-0.3, -0.25) is 4.79 Å². The van der Waals surface area contributed by atoms with Crippen LogP contribution in [0, 0.1) is 38.9 Å². The van der Waals surface area contributed by atoms with E-state index in [4.69, 9.17) is 9.26 Å². The molecule has 1 unspecified atom stereocenters. The first-order valence-corrected chi connectivity index (χ1v) is 13.9. The van der Waals surface area contributed by atoms with Gasteiger partial charge in [-0.15, -0.1) is 0 Å². The minimum Gasteiger partial charge on any atom is -0.455 e. The summed E-state index contributed by atoms with van der Waals surface area (Å²) in [7, 11) is 0. The number of aliphatic hydroxyl groups is 1. The highest BCUT2D eigenvalue weighted by molar-refractivity contribution is 5.82. The molecular weight excluding hydrogens is 438 g/mol. The number of carbonyl (C=O) groups is 1. The molecule has 1 saturated heterocycles.